The Morgan fingerprint density at radius 3 is 1.01 bits per heavy atom. The second-order valence-electron chi connectivity index (χ2n) is 14.9. The first-order valence-electron chi connectivity index (χ1n) is 21.7. The van der Waals surface area contributed by atoms with Crippen molar-refractivity contribution in [1.82, 2.24) is 0 Å². The summed E-state index contributed by atoms with van der Waals surface area (Å²) in [5.41, 5.74) is -2.53. The number of hydrogen-bond acceptors (Lipinski definition) is 14. The van der Waals surface area contributed by atoms with Crippen molar-refractivity contribution < 1.29 is 93.5 Å². The van der Waals surface area contributed by atoms with E-state index in [4.69, 9.17) is 57.6 Å². The lowest BCUT2D eigenvalue weighted by molar-refractivity contribution is -0.254. The van der Waals surface area contributed by atoms with E-state index in [9.17, 15) is 9.59 Å². The van der Waals surface area contributed by atoms with E-state index in [0.717, 1.165) is 22.7 Å². The molecule has 380 valence electrons. The molecule has 1 aliphatic carbocycles. The lowest BCUT2D eigenvalue weighted by Crippen LogP contribution is -2.48. The molecule has 0 bridgehead atoms. The van der Waals surface area contributed by atoms with Crippen molar-refractivity contribution in [3.8, 4) is 32.4 Å². The van der Waals surface area contributed by atoms with Gasteiger partial charge in [-0.15, -0.1) is 22.7 Å². The van der Waals surface area contributed by atoms with Crippen molar-refractivity contribution in [2.45, 2.75) is 31.6 Å². The number of hydrogen-bond donors (Lipinski definition) is 2. The molecule has 5 rings (SSSR count). The van der Waals surface area contributed by atoms with Crippen LogP contribution in [-0.4, -0.2) is 159 Å². The van der Waals surface area contributed by atoms with Crippen LogP contribution in [0.15, 0.2) is 60.7 Å². The third-order valence-corrected chi connectivity index (χ3v) is 12.2. The normalized spacial score (nSPS) is 15.0. The van der Waals surface area contributed by atoms with E-state index in [-0.39, 0.29) is 75.8 Å². The maximum Gasteiger partial charge on any atom is 0.380 e. The van der Waals surface area contributed by atoms with E-state index >= 15 is 26.3 Å². The Hall–Kier alpha value is -4.62. The Labute approximate surface area is 402 Å². The van der Waals surface area contributed by atoms with Gasteiger partial charge in [0, 0.05) is 30.7 Å². The van der Waals surface area contributed by atoms with Gasteiger partial charge >= 0.3 is 29.7 Å². The van der Waals surface area contributed by atoms with Crippen LogP contribution >= 0.6 is 22.7 Å². The van der Waals surface area contributed by atoms with Crippen LogP contribution in [0.3, 0.4) is 0 Å². The summed E-state index contributed by atoms with van der Waals surface area (Å²) in [5, 5.41) is 17.0. The average molecular weight is 1020 g/mol. The summed E-state index contributed by atoms with van der Waals surface area (Å²) >= 11 is 2.03. The van der Waals surface area contributed by atoms with Gasteiger partial charge in [0.1, 0.15) is 37.9 Å². The van der Waals surface area contributed by atoms with Crippen LogP contribution < -0.4 is 9.47 Å². The minimum Gasteiger partial charge on any atom is -0.491 e. The number of alkyl halides is 6. The number of carbonyl (C=O) groups is 2. The average Bonchev–Trinajstić information content (AvgIpc) is 3.91. The van der Waals surface area contributed by atoms with Crippen molar-refractivity contribution in [1.29, 1.82) is 0 Å². The number of thiophene rings is 2. The topological polar surface area (TPSA) is 167 Å². The molecule has 69 heavy (non-hydrogen) atoms. The Kier molecular flexibility index (Phi) is 21.7. The summed E-state index contributed by atoms with van der Waals surface area (Å²) in [6.07, 6.45) is 0. The lowest BCUT2D eigenvalue weighted by atomic mass is 9.94. The number of carboxylic acid groups (broad SMARTS) is 2. The number of carboxylic acids is 2. The molecule has 2 aromatic heterocycles. The molecule has 2 heterocycles. The molecule has 0 amide bonds. The predicted octanol–water partition coefficient (Wildman–Crippen LogP) is 8.65. The molecule has 0 fully saturated rings. The predicted molar refractivity (Wildman–Crippen MR) is 243 cm³/mol. The summed E-state index contributed by atoms with van der Waals surface area (Å²) in [5.74, 6) is -17.3. The number of benzene rings is 2. The molecule has 0 aliphatic heterocycles. The van der Waals surface area contributed by atoms with Crippen molar-refractivity contribution in [3.63, 3.8) is 0 Å². The van der Waals surface area contributed by atoms with Gasteiger partial charge in [0.25, 0.3) is 0 Å². The molecule has 22 heteroatoms. The van der Waals surface area contributed by atoms with Gasteiger partial charge in [-0.3, -0.25) is 0 Å². The Bertz CT molecular complexity index is 2100. The van der Waals surface area contributed by atoms with Crippen molar-refractivity contribution in [3.05, 3.63) is 81.5 Å². The largest absolute Gasteiger partial charge is 0.491 e. The van der Waals surface area contributed by atoms with Gasteiger partial charge < -0.3 is 57.6 Å². The summed E-state index contributed by atoms with van der Waals surface area (Å²) in [7, 11) is 0. The molecule has 0 spiro atoms. The number of ether oxygens (including phenoxy) is 10. The first-order chi connectivity index (χ1) is 33.0. The summed E-state index contributed by atoms with van der Waals surface area (Å²) in [4.78, 5) is 21.9. The van der Waals surface area contributed by atoms with E-state index in [1.54, 1.807) is 48.5 Å². The lowest BCUT2D eigenvalue weighted by Gasteiger charge is -2.25. The van der Waals surface area contributed by atoms with E-state index in [2.05, 4.69) is 0 Å². The van der Waals surface area contributed by atoms with Crippen molar-refractivity contribution >= 4 is 45.8 Å². The second-order valence-corrected chi connectivity index (χ2v) is 17.5. The quantitative estimate of drug-likeness (QED) is 0.0337. The van der Waals surface area contributed by atoms with E-state index in [1.165, 1.54) is 26.0 Å². The first kappa shape index (κ1) is 55.3. The van der Waals surface area contributed by atoms with Crippen LogP contribution in [0.5, 0.6) is 11.5 Å². The minimum atomic E-state index is -5.71. The van der Waals surface area contributed by atoms with Gasteiger partial charge in [0.2, 0.25) is 0 Å². The zero-order valence-corrected chi connectivity index (χ0v) is 39.5. The molecule has 0 saturated carbocycles. The molecule has 2 N–H and O–H groups in total. The number of halogens is 6. The number of rotatable bonds is 34. The number of aliphatic carboxylic acids is 2. The third-order valence-electron chi connectivity index (χ3n) is 9.99. The fraction of sp³-hybridized carbons (Fsp3) is 0.489. The maximum absolute atomic E-state index is 15.9. The highest BCUT2D eigenvalue weighted by Crippen LogP contribution is 2.66. The Morgan fingerprint density at radius 1 is 0.449 bits per heavy atom. The Morgan fingerprint density at radius 2 is 0.725 bits per heavy atom. The molecular formula is C47H54F6O14S2. The number of aryl methyl sites for hydroxylation is 2. The SMILES string of the molecule is Cc1sc(-c2ccc(OCCOCCOCCOCCOCC(=O)O)cc2)cc1C1=C(c2cc(-c3ccc(OCCOCCOCCOCCOCC(=O)O)cc3)sc2C)C(F)(F)C(F)(F)C1(F)F. The molecule has 1 aliphatic rings. The molecule has 0 unspecified atom stereocenters. The van der Waals surface area contributed by atoms with Gasteiger partial charge in [0.05, 0.1) is 92.5 Å². The molecule has 0 saturated heterocycles. The fourth-order valence-electron chi connectivity index (χ4n) is 6.68. The van der Waals surface area contributed by atoms with E-state index in [1.807, 2.05) is 0 Å². The zero-order valence-electron chi connectivity index (χ0n) is 37.9. The van der Waals surface area contributed by atoms with Crippen molar-refractivity contribution in [2.24, 2.45) is 0 Å². The molecule has 0 radical (unpaired) electrons. The first-order valence-corrected chi connectivity index (χ1v) is 23.3. The summed E-state index contributed by atoms with van der Waals surface area (Å²) in [6, 6.07) is 15.6. The second kappa shape index (κ2) is 27.1. The summed E-state index contributed by atoms with van der Waals surface area (Å²) in [6.45, 7) is 6.27. The number of allylic oxidation sites excluding steroid dienone is 2. The molecule has 4 aromatic rings. The third kappa shape index (κ3) is 15.7. The monoisotopic (exact) mass is 1020 g/mol. The molecule has 2 aromatic carbocycles. The summed E-state index contributed by atoms with van der Waals surface area (Å²) < 4.78 is 148. The van der Waals surface area contributed by atoms with Gasteiger partial charge in [-0.2, -0.15) is 26.3 Å². The fourth-order valence-corrected chi connectivity index (χ4v) is 8.75. The smallest absolute Gasteiger partial charge is 0.380 e. The van der Waals surface area contributed by atoms with Crippen LogP contribution in [0.1, 0.15) is 20.9 Å². The van der Waals surface area contributed by atoms with Gasteiger partial charge in [0.15, 0.2) is 0 Å². The van der Waals surface area contributed by atoms with Gasteiger partial charge in [-0.1, -0.05) is 0 Å². The van der Waals surface area contributed by atoms with E-state index in [0.29, 0.717) is 85.2 Å². The van der Waals surface area contributed by atoms with Crippen LogP contribution in [0.25, 0.3) is 32.0 Å². The standard InChI is InChI=1S/C47H54F6O14S2/c1-31-37(27-39(68-31)33-3-7-35(8-4-33)66-25-23-62-17-15-58-11-13-60-19-21-64-29-41(54)55)43-44(46(50,51)47(52,53)45(43,48)49)38-28-40(69-32(38)2)34-5-9-36(10-6-34)67-26-24-63-18-16-59-12-14-61-20-22-65-30-42(56)57/h3-10,27-28H,11-26,29-30H2,1-2H3,(H,54,55)(H,56,57). The molecule has 0 atom stereocenters. The molecular weight excluding hydrogens is 967 g/mol. The zero-order chi connectivity index (χ0) is 49.9. The highest BCUT2D eigenvalue weighted by molar-refractivity contribution is 7.16. The highest BCUT2D eigenvalue weighted by atomic mass is 32.1. The van der Waals surface area contributed by atoms with E-state index < -0.39 is 52.0 Å². The highest BCUT2D eigenvalue weighted by Gasteiger charge is 2.80. The molecule has 14 nitrogen and oxygen atoms in total. The van der Waals surface area contributed by atoms with Crippen molar-refractivity contribution in [2.75, 3.05) is 119 Å². The van der Waals surface area contributed by atoms with Crippen LogP contribution in [0.4, 0.5) is 26.3 Å². The van der Waals surface area contributed by atoms with Gasteiger partial charge in [-0.05, 0) is 96.8 Å². The van der Waals surface area contributed by atoms with Crippen LogP contribution in [0, 0.1) is 13.8 Å². The van der Waals surface area contributed by atoms with Gasteiger partial charge in [-0.25, -0.2) is 9.59 Å². The maximum atomic E-state index is 15.9. The van der Waals surface area contributed by atoms with Crippen LogP contribution in [-0.2, 0) is 47.5 Å². The van der Waals surface area contributed by atoms with Crippen LogP contribution in [0.2, 0.25) is 0 Å². The minimum absolute atomic E-state index is 0.158. The Balaban J connectivity index is 1.12.